The molecular weight excluding hydrogens is 785 g/mol. The number of fused-ring (bicyclic) bond motifs is 5. The van der Waals surface area contributed by atoms with Crippen LogP contribution in [0.3, 0.4) is 0 Å². The van der Waals surface area contributed by atoms with E-state index >= 15 is 0 Å². The van der Waals surface area contributed by atoms with Crippen molar-refractivity contribution in [3.63, 3.8) is 0 Å². The zero-order valence-electron chi connectivity index (χ0n) is 36.9. The van der Waals surface area contributed by atoms with Crippen LogP contribution >= 0.6 is 0 Å². The maximum absolute atomic E-state index is 2.51. The summed E-state index contributed by atoms with van der Waals surface area (Å²) in [6, 6.07) is 78.9. The SMILES string of the molecule is C[C@H]1C[C@H]2C[C@H]3CC(c4ccc(N(c5ccc(-c6ccc(-c7ccccc7-n7c8ccccc8c8ccccc87)cc6)cc5)c5ccc(-c6ccc7ccccc7c6)cc5)cc4)(CC23)C1. The van der Waals surface area contributed by atoms with Gasteiger partial charge in [-0.25, -0.2) is 0 Å². The minimum absolute atomic E-state index is 0.342. The van der Waals surface area contributed by atoms with Gasteiger partial charge in [-0.2, -0.15) is 0 Å². The summed E-state index contributed by atoms with van der Waals surface area (Å²) in [5.74, 6) is 3.68. The smallest absolute Gasteiger partial charge is 0.0541 e. The Hall–Kier alpha value is -7.16. The third-order valence-corrected chi connectivity index (χ3v) is 15.9. The van der Waals surface area contributed by atoms with Crippen LogP contribution in [0.2, 0.25) is 0 Å². The van der Waals surface area contributed by atoms with E-state index in [1.807, 2.05) is 0 Å². The molecule has 1 aromatic heterocycles. The molecule has 2 unspecified atom stereocenters. The van der Waals surface area contributed by atoms with Crippen LogP contribution in [0.4, 0.5) is 17.1 Å². The topological polar surface area (TPSA) is 8.17 Å². The van der Waals surface area contributed by atoms with E-state index in [0.717, 1.165) is 35.0 Å². The summed E-state index contributed by atoms with van der Waals surface area (Å²) >= 11 is 0. The van der Waals surface area contributed by atoms with Gasteiger partial charge in [0.25, 0.3) is 0 Å². The van der Waals surface area contributed by atoms with Gasteiger partial charge in [0.2, 0.25) is 0 Å². The van der Waals surface area contributed by atoms with Crippen LogP contribution in [-0.2, 0) is 5.41 Å². The number of para-hydroxylation sites is 3. The second-order valence-electron chi connectivity index (χ2n) is 19.7. The van der Waals surface area contributed by atoms with Crippen LogP contribution < -0.4 is 4.90 Å². The fourth-order valence-corrected chi connectivity index (χ4v) is 12.9. The average molecular weight is 837 g/mol. The van der Waals surface area contributed by atoms with E-state index < -0.39 is 0 Å². The van der Waals surface area contributed by atoms with E-state index in [4.69, 9.17) is 0 Å². The van der Waals surface area contributed by atoms with Crippen molar-refractivity contribution in [1.29, 1.82) is 0 Å². The Labute approximate surface area is 382 Å². The van der Waals surface area contributed by atoms with E-state index in [-0.39, 0.29) is 0 Å². The van der Waals surface area contributed by atoms with Gasteiger partial charge in [-0.15, -0.1) is 0 Å². The first-order valence-electron chi connectivity index (χ1n) is 23.8. The zero-order chi connectivity index (χ0) is 43.1. The van der Waals surface area contributed by atoms with E-state index in [0.29, 0.717) is 5.41 Å². The van der Waals surface area contributed by atoms with Crippen molar-refractivity contribution in [3.8, 4) is 39.1 Å². The minimum Gasteiger partial charge on any atom is -0.311 e. The first-order chi connectivity index (χ1) is 32.0. The summed E-state index contributed by atoms with van der Waals surface area (Å²) < 4.78 is 2.42. The predicted octanol–water partition coefficient (Wildman–Crippen LogP) is 17.1. The molecule has 314 valence electrons. The van der Waals surface area contributed by atoms with Crippen molar-refractivity contribution in [2.45, 2.75) is 44.4 Å². The van der Waals surface area contributed by atoms with Crippen LogP contribution in [0, 0.1) is 23.7 Å². The molecule has 3 saturated carbocycles. The van der Waals surface area contributed by atoms with Gasteiger partial charge >= 0.3 is 0 Å². The predicted molar refractivity (Wildman–Crippen MR) is 274 cm³/mol. The molecule has 65 heavy (non-hydrogen) atoms. The lowest BCUT2D eigenvalue weighted by Crippen LogP contribution is -2.34. The van der Waals surface area contributed by atoms with Crippen molar-refractivity contribution in [2.24, 2.45) is 23.7 Å². The normalized spacial score (nSPS) is 21.1. The average Bonchev–Trinajstić information content (AvgIpc) is 3.81. The van der Waals surface area contributed by atoms with Crippen molar-refractivity contribution in [1.82, 2.24) is 4.57 Å². The molecule has 3 aliphatic rings. The Morgan fingerprint density at radius 3 is 1.63 bits per heavy atom. The Morgan fingerprint density at radius 2 is 0.954 bits per heavy atom. The van der Waals surface area contributed by atoms with Gasteiger partial charge in [-0.05, 0) is 166 Å². The minimum atomic E-state index is 0.342. The molecule has 2 nitrogen and oxygen atoms in total. The summed E-state index contributed by atoms with van der Waals surface area (Å²) in [4.78, 5) is 2.44. The Balaban J connectivity index is 0.832. The van der Waals surface area contributed by atoms with Gasteiger partial charge in [0, 0.05) is 33.4 Å². The Kier molecular flexibility index (Phi) is 8.98. The van der Waals surface area contributed by atoms with Crippen LogP contribution in [0.15, 0.2) is 212 Å². The van der Waals surface area contributed by atoms with Crippen molar-refractivity contribution in [2.75, 3.05) is 4.90 Å². The molecule has 0 N–H and O–H groups in total. The lowest BCUT2D eigenvalue weighted by atomic mass is 9.63. The molecule has 3 aliphatic carbocycles. The molecule has 13 rings (SSSR count). The molecular formula is C63H52N2. The van der Waals surface area contributed by atoms with Crippen LogP contribution in [0.5, 0.6) is 0 Å². The van der Waals surface area contributed by atoms with Gasteiger partial charge in [-0.1, -0.05) is 159 Å². The summed E-state index contributed by atoms with van der Waals surface area (Å²) in [7, 11) is 0. The summed E-state index contributed by atoms with van der Waals surface area (Å²) in [5, 5.41) is 5.09. The zero-order valence-corrected chi connectivity index (χ0v) is 36.9. The van der Waals surface area contributed by atoms with E-state index in [1.165, 1.54) is 109 Å². The molecule has 0 saturated heterocycles. The highest BCUT2D eigenvalue weighted by Crippen LogP contribution is 2.65. The molecule has 5 atom stereocenters. The van der Waals surface area contributed by atoms with Gasteiger partial charge in [-0.3, -0.25) is 0 Å². The number of rotatable bonds is 8. The van der Waals surface area contributed by atoms with Crippen molar-refractivity contribution in [3.05, 3.63) is 218 Å². The number of aromatic nitrogens is 1. The largest absolute Gasteiger partial charge is 0.311 e. The summed E-state index contributed by atoms with van der Waals surface area (Å²) in [6.45, 7) is 2.51. The van der Waals surface area contributed by atoms with Gasteiger partial charge in [0.15, 0.2) is 0 Å². The molecule has 0 amide bonds. The number of anilines is 3. The molecule has 9 aromatic carbocycles. The highest BCUT2D eigenvalue weighted by Gasteiger charge is 2.57. The van der Waals surface area contributed by atoms with Crippen molar-refractivity contribution < 1.29 is 0 Å². The molecule has 0 spiro atoms. The standard InChI is InChI=1S/C63H52N2/c1-42-36-50-38-51-40-63(39-42,41-59(50)51)52-28-34-55(35-29-52)64(54-32-26-46(27-33-54)49-23-20-43-10-2-3-11-48(43)37-49)53-30-24-45(25-31-53)44-18-21-47(22-19-44)56-12-4-7-15-60(56)65-61-16-8-5-13-57(61)58-14-6-9-17-62(58)65/h2-35,37,42,50-51,59H,36,38-41H2,1H3/t42-,50-,51-,59?,63?/m0/s1. The number of hydrogen-bond acceptors (Lipinski definition) is 1. The Morgan fingerprint density at radius 1 is 0.431 bits per heavy atom. The van der Waals surface area contributed by atoms with E-state index in [2.05, 4.69) is 229 Å². The summed E-state index contributed by atoms with van der Waals surface area (Å²) in [6.07, 6.45) is 7.01. The van der Waals surface area contributed by atoms with E-state index in [9.17, 15) is 0 Å². The van der Waals surface area contributed by atoms with E-state index in [1.54, 1.807) is 5.56 Å². The second-order valence-corrected chi connectivity index (χ2v) is 19.7. The first kappa shape index (κ1) is 38.3. The number of nitrogens with zero attached hydrogens (tertiary/aromatic N) is 2. The Bertz CT molecular complexity index is 3320. The molecule has 1 heterocycles. The first-order valence-corrected chi connectivity index (χ1v) is 23.8. The number of hydrogen-bond donors (Lipinski definition) is 0. The molecule has 0 radical (unpaired) electrons. The lowest BCUT2D eigenvalue weighted by Gasteiger charge is -2.42. The molecule has 10 aromatic rings. The maximum atomic E-state index is 2.51. The lowest BCUT2D eigenvalue weighted by molar-refractivity contribution is 0.0780. The second kappa shape index (κ2) is 15.2. The fraction of sp³-hybridized carbons (Fsp3) is 0.175. The monoisotopic (exact) mass is 836 g/mol. The molecule has 3 fully saturated rings. The summed E-state index contributed by atoms with van der Waals surface area (Å²) in [5.41, 5.74) is 16.3. The van der Waals surface area contributed by atoms with Gasteiger partial charge < -0.3 is 9.47 Å². The molecule has 2 bridgehead atoms. The third-order valence-electron chi connectivity index (χ3n) is 15.9. The van der Waals surface area contributed by atoms with Crippen LogP contribution in [0.1, 0.15) is 44.6 Å². The highest BCUT2D eigenvalue weighted by atomic mass is 15.1. The molecule has 2 heteroatoms. The number of benzene rings is 9. The fourth-order valence-electron chi connectivity index (χ4n) is 12.9. The third kappa shape index (κ3) is 6.45. The maximum Gasteiger partial charge on any atom is 0.0541 e. The van der Waals surface area contributed by atoms with Crippen molar-refractivity contribution >= 4 is 49.6 Å². The quantitative estimate of drug-likeness (QED) is 0.148. The highest BCUT2D eigenvalue weighted by molar-refractivity contribution is 6.09. The van der Waals surface area contributed by atoms with Crippen LogP contribution in [0.25, 0.3) is 71.6 Å². The van der Waals surface area contributed by atoms with Gasteiger partial charge in [0.05, 0.1) is 16.7 Å². The van der Waals surface area contributed by atoms with Crippen LogP contribution in [-0.4, -0.2) is 4.57 Å². The molecule has 0 aliphatic heterocycles. The van der Waals surface area contributed by atoms with Gasteiger partial charge in [0.1, 0.15) is 0 Å².